The number of Topliss-reactive ketones (excluding diaryl/α,β-unsaturated/α-hetero) is 1. The molecule has 4 aromatic rings. The van der Waals surface area contributed by atoms with Crippen molar-refractivity contribution in [3.05, 3.63) is 66.0 Å². The number of hydrogen-bond donors (Lipinski definition) is 4. The van der Waals surface area contributed by atoms with Crippen LogP contribution < -0.4 is 16.4 Å². The topological polar surface area (TPSA) is 182 Å². The van der Waals surface area contributed by atoms with Gasteiger partial charge in [-0.15, -0.1) is 10.2 Å². The second kappa shape index (κ2) is 15.3. The van der Waals surface area contributed by atoms with Crippen LogP contribution in [0.1, 0.15) is 70.6 Å². The first-order valence-corrected chi connectivity index (χ1v) is 16.6. The van der Waals surface area contributed by atoms with Crippen molar-refractivity contribution >= 4 is 29.2 Å². The molecule has 48 heavy (non-hydrogen) atoms. The van der Waals surface area contributed by atoms with Crippen molar-refractivity contribution in [1.29, 1.82) is 0 Å². The summed E-state index contributed by atoms with van der Waals surface area (Å²) in [6, 6.07) is 15.1. The molecule has 0 bridgehead atoms. The van der Waals surface area contributed by atoms with Gasteiger partial charge in [-0.2, -0.15) is 5.21 Å². The molecule has 0 radical (unpaired) electrons. The van der Waals surface area contributed by atoms with Gasteiger partial charge in [-0.25, -0.2) is 9.97 Å². The molecule has 1 aliphatic carbocycles. The summed E-state index contributed by atoms with van der Waals surface area (Å²) in [7, 11) is 0. The van der Waals surface area contributed by atoms with E-state index < -0.39 is 5.92 Å². The molecule has 1 saturated carbocycles. The second-order valence-electron chi connectivity index (χ2n) is 14.1. The van der Waals surface area contributed by atoms with Gasteiger partial charge in [0.05, 0.1) is 5.69 Å². The smallest absolute Gasteiger partial charge is 0.228 e. The fraction of sp³-hybridized carbons (Fsp3) is 0.444. The van der Waals surface area contributed by atoms with Gasteiger partial charge in [0.15, 0.2) is 0 Å². The van der Waals surface area contributed by atoms with Crippen molar-refractivity contribution in [2.45, 2.75) is 72.6 Å². The molecule has 1 atom stereocenters. The molecule has 2 aromatic heterocycles. The monoisotopic (exact) mass is 651 g/mol. The number of nitrogen functional groups attached to an aromatic ring is 1. The molecule has 5 rings (SSSR count). The summed E-state index contributed by atoms with van der Waals surface area (Å²) in [6.07, 6.45) is 6.05. The maximum absolute atomic E-state index is 13.7. The Labute approximate surface area is 281 Å². The van der Waals surface area contributed by atoms with E-state index in [2.05, 4.69) is 62.0 Å². The number of H-pyrrole nitrogens is 1. The zero-order chi connectivity index (χ0) is 34.3. The van der Waals surface area contributed by atoms with Gasteiger partial charge in [0.25, 0.3) is 0 Å². The number of carbonyl (C=O) groups excluding carboxylic acids is 3. The van der Waals surface area contributed by atoms with E-state index in [1.807, 2.05) is 43.3 Å². The predicted octanol–water partition coefficient (Wildman–Crippen LogP) is 5.33. The van der Waals surface area contributed by atoms with Gasteiger partial charge < -0.3 is 16.4 Å². The number of rotatable bonds is 12. The first-order valence-electron chi connectivity index (χ1n) is 16.6. The lowest BCUT2D eigenvalue weighted by molar-refractivity contribution is -0.129. The zero-order valence-electron chi connectivity index (χ0n) is 28.1. The highest BCUT2D eigenvalue weighted by Gasteiger charge is 2.31. The van der Waals surface area contributed by atoms with Crippen LogP contribution in [0.2, 0.25) is 0 Å². The van der Waals surface area contributed by atoms with E-state index in [1.54, 1.807) is 18.3 Å². The summed E-state index contributed by atoms with van der Waals surface area (Å²) in [4.78, 5) is 48.1. The van der Waals surface area contributed by atoms with Gasteiger partial charge in [-0.3, -0.25) is 14.4 Å². The SMILES string of the molecule is Cc1nc(N)ncc1-c1ccc(CC(CC(=O)C2CCC(CNC(=O)CC(C)(C)C)CC2)C(=O)Nc2ccc(-c3nn[nH]n3)cc2)cc1. The summed E-state index contributed by atoms with van der Waals surface area (Å²) in [5, 5.41) is 20.1. The van der Waals surface area contributed by atoms with E-state index in [9.17, 15) is 14.4 Å². The average molecular weight is 652 g/mol. The Hall–Kier alpha value is -5.00. The molecule has 0 spiro atoms. The number of hydrogen-bond acceptors (Lipinski definition) is 9. The number of nitrogens with zero attached hydrogens (tertiary/aromatic N) is 5. The van der Waals surface area contributed by atoms with Gasteiger partial charge >= 0.3 is 0 Å². The van der Waals surface area contributed by atoms with Crippen molar-refractivity contribution < 1.29 is 14.4 Å². The minimum atomic E-state index is -0.559. The van der Waals surface area contributed by atoms with Crippen molar-refractivity contribution in [2.75, 3.05) is 17.6 Å². The fourth-order valence-corrected chi connectivity index (χ4v) is 6.26. The number of ketones is 1. The minimum Gasteiger partial charge on any atom is -0.368 e. The quantitative estimate of drug-likeness (QED) is 0.157. The molecule has 1 aliphatic rings. The van der Waals surface area contributed by atoms with E-state index in [4.69, 9.17) is 5.73 Å². The number of amides is 2. The molecule has 2 amide bonds. The van der Waals surface area contributed by atoms with Crippen molar-refractivity contribution in [3.63, 3.8) is 0 Å². The van der Waals surface area contributed by atoms with Gasteiger partial charge in [0, 0.05) is 54.2 Å². The molecule has 2 aromatic carbocycles. The number of anilines is 2. The Morgan fingerprint density at radius 1 is 0.979 bits per heavy atom. The number of tetrazole rings is 1. The molecular weight excluding hydrogens is 606 g/mol. The zero-order valence-corrected chi connectivity index (χ0v) is 28.1. The Bertz CT molecular complexity index is 1690. The molecule has 1 unspecified atom stereocenters. The number of benzene rings is 2. The summed E-state index contributed by atoms with van der Waals surface area (Å²) >= 11 is 0. The highest BCUT2D eigenvalue weighted by Crippen LogP contribution is 2.32. The van der Waals surface area contributed by atoms with Crippen LogP contribution >= 0.6 is 0 Å². The third-order valence-electron chi connectivity index (χ3n) is 8.90. The molecular formula is C36H45N9O3. The largest absolute Gasteiger partial charge is 0.368 e. The van der Waals surface area contributed by atoms with E-state index >= 15 is 0 Å². The van der Waals surface area contributed by atoms with E-state index in [1.165, 1.54) is 0 Å². The van der Waals surface area contributed by atoms with Gasteiger partial charge in [-0.1, -0.05) is 45.0 Å². The van der Waals surface area contributed by atoms with Crippen molar-refractivity contribution in [3.8, 4) is 22.5 Å². The molecule has 2 heterocycles. The van der Waals surface area contributed by atoms with Crippen LogP contribution in [-0.2, 0) is 20.8 Å². The van der Waals surface area contributed by atoms with Crippen LogP contribution in [-0.4, -0.2) is 54.7 Å². The number of aromatic amines is 1. The molecule has 252 valence electrons. The number of carbonyl (C=O) groups is 3. The van der Waals surface area contributed by atoms with Crippen LogP contribution in [0.3, 0.4) is 0 Å². The first-order chi connectivity index (χ1) is 22.9. The predicted molar refractivity (Wildman–Crippen MR) is 184 cm³/mol. The van der Waals surface area contributed by atoms with E-state index in [0.29, 0.717) is 36.8 Å². The van der Waals surface area contributed by atoms with Gasteiger partial charge in [-0.05, 0) is 91.0 Å². The minimum absolute atomic E-state index is 0.0529. The summed E-state index contributed by atoms with van der Waals surface area (Å²) in [5.41, 5.74) is 10.6. The van der Waals surface area contributed by atoms with E-state index in [-0.39, 0.29) is 41.3 Å². The summed E-state index contributed by atoms with van der Waals surface area (Å²) in [6.45, 7) is 8.69. The third kappa shape index (κ3) is 9.52. The highest BCUT2D eigenvalue weighted by molar-refractivity contribution is 5.96. The Morgan fingerprint density at radius 3 is 2.29 bits per heavy atom. The lowest BCUT2D eigenvalue weighted by Crippen LogP contribution is -2.35. The molecule has 12 heteroatoms. The number of nitrogens with one attached hydrogen (secondary N) is 3. The van der Waals surface area contributed by atoms with Crippen LogP contribution in [0.15, 0.2) is 54.7 Å². The molecule has 5 N–H and O–H groups in total. The molecule has 12 nitrogen and oxygen atoms in total. The van der Waals surface area contributed by atoms with E-state index in [0.717, 1.165) is 53.6 Å². The highest BCUT2D eigenvalue weighted by atomic mass is 16.2. The lowest BCUT2D eigenvalue weighted by atomic mass is 9.77. The van der Waals surface area contributed by atoms with Gasteiger partial charge in [0.1, 0.15) is 5.78 Å². The standard InChI is InChI=1S/C36H45N9O3/c1-22-30(21-39-35(37)40-22)25-9-5-23(6-10-25)17-28(34(48)41-29-15-13-27(14-16-29)33-42-44-45-43-33)18-31(46)26-11-7-24(8-12-26)20-38-32(47)19-36(2,3)4/h5-6,9-10,13-16,21,24,26,28H,7-8,11-12,17-20H2,1-4H3,(H,38,47)(H,41,48)(H2,37,39,40)(H,42,43,44,45). The number of aromatic nitrogens is 6. The number of nitrogens with two attached hydrogens (primary N) is 1. The molecule has 0 aliphatic heterocycles. The van der Waals surface area contributed by atoms with Gasteiger partial charge in [0.2, 0.25) is 23.6 Å². The van der Waals surface area contributed by atoms with Crippen molar-refractivity contribution in [2.24, 2.45) is 23.2 Å². The summed E-state index contributed by atoms with van der Waals surface area (Å²) in [5.74, 6) is 0.379. The Kier molecular flexibility index (Phi) is 10.9. The van der Waals surface area contributed by atoms with Crippen LogP contribution in [0, 0.1) is 30.1 Å². The second-order valence-corrected chi connectivity index (χ2v) is 14.1. The maximum atomic E-state index is 13.7. The summed E-state index contributed by atoms with van der Waals surface area (Å²) < 4.78 is 0. The maximum Gasteiger partial charge on any atom is 0.228 e. The Morgan fingerprint density at radius 2 is 1.67 bits per heavy atom. The lowest BCUT2D eigenvalue weighted by Gasteiger charge is -2.29. The van der Waals surface area contributed by atoms with Crippen LogP contribution in [0.4, 0.5) is 11.6 Å². The first kappa shape index (κ1) is 34.3. The van der Waals surface area contributed by atoms with Crippen LogP contribution in [0.5, 0.6) is 0 Å². The normalized spacial score (nSPS) is 17.0. The van der Waals surface area contributed by atoms with Crippen molar-refractivity contribution in [1.82, 2.24) is 35.9 Å². The average Bonchev–Trinajstić information content (AvgIpc) is 3.59. The fourth-order valence-electron chi connectivity index (χ4n) is 6.26. The molecule has 1 fully saturated rings. The molecule has 0 saturated heterocycles. The third-order valence-corrected chi connectivity index (χ3v) is 8.90. The number of aryl methyl sites for hydroxylation is 1. The Balaban J connectivity index is 1.24. The van der Waals surface area contributed by atoms with Crippen LogP contribution in [0.25, 0.3) is 22.5 Å².